The predicted octanol–water partition coefficient (Wildman–Crippen LogP) is 3.69. The number of hydrogen-bond acceptors (Lipinski definition) is 2. The molecule has 18 heavy (non-hydrogen) atoms. The first-order chi connectivity index (χ1) is 8.76. The summed E-state index contributed by atoms with van der Waals surface area (Å²) >= 11 is 3.65. The van der Waals surface area contributed by atoms with Gasteiger partial charge in [0.2, 0.25) is 0 Å². The van der Waals surface area contributed by atoms with Gasteiger partial charge in [-0.3, -0.25) is 4.90 Å². The molecule has 98 valence electrons. The van der Waals surface area contributed by atoms with Crippen LogP contribution in [0, 0.1) is 11.8 Å². The fourth-order valence-corrected chi connectivity index (χ4v) is 3.87. The number of ether oxygens (including phenoxy) is 1. The second kappa shape index (κ2) is 5.22. The van der Waals surface area contributed by atoms with Crippen LogP contribution in [0.1, 0.15) is 24.8 Å². The standard InChI is InChI=1S/C15H20BrNO/c1-18-14-5-6-15(16)13(7-14)10-17-8-11-3-2-4-12(11)9-17/h5-7,11-12H,2-4,8-10H2,1H3. The van der Waals surface area contributed by atoms with Gasteiger partial charge in [-0.2, -0.15) is 0 Å². The Morgan fingerprint density at radius 1 is 1.28 bits per heavy atom. The summed E-state index contributed by atoms with van der Waals surface area (Å²) in [5.41, 5.74) is 1.34. The zero-order chi connectivity index (χ0) is 12.5. The number of fused-ring (bicyclic) bond motifs is 1. The Morgan fingerprint density at radius 3 is 2.67 bits per heavy atom. The van der Waals surface area contributed by atoms with Gasteiger partial charge >= 0.3 is 0 Å². The minimum atomic E-state index is 0.951. The topological polar surface area (TPSA) is 12.5 Å². The molecule has 0 aromatic heterocycles. The molecule has 3 rings (SSSR count). The maximum Gasteiger partial charge on any atom is 0.119 e. The van der Waals surface area contributed by atoms with Crippen molar-refractivity contribution in [3.63, 3.8) is 0 Å². The third-order valence-electron chi connectivity index (χ3n) is 4.45. The number of rotatable bonds is 3. The van der Waals surface area contributed by atoms with Crippen LogP contribution in [0.5, 0.6) is 5.75 Å². The van der Waals surface area contributed by atoms with Crippen molar-refractivity contribution < 1.29 is 4.74 Å². The highest BCUT2D eigenvalue weighted by Gasteiger charge is 2.35. The number of halogens is 1. The highest BCUT2D eigenvalue weighted by atomic mass is 79.9. The number of hydrogen-bond donors (Lipinski definition) is 0. The van der Waals surface area contributed by atoms with E-state index in [1.807, 2.05) is 6.07 Å². The largest absolute Gasteiger partial charge is 0.497 e. The second-order valence-corrected chi connectivity index (χ2v) is 6.46. The van der Waals surface area contributed by atoms with E-state index in [1.54, 1.807) is 7.11 Å². The average Bonchev–Trinajstić information content (AvgIpc) is 2.92. The van der Waals surface area contributed by atoms with Crippen LogP contribution in [0.3, 0.4) is 0 Å². The molecule has 2 nitrogen and oxygen atoms in total. The van der Waals surface area contributed by atoms with Crippen LogP contribution < -0.4 is 4.74 Å². The van der Waals surface area contributed by atoms with Crippen molar-refractivity contribution >= 4 is 15.9 Å². The van der Waals surface area contributed by atoms with Gasteiger partial charge in [0.15, 0.2) is 0 Å². The molecule has 1 aromatic carbocycles. The molecule has 1 heterocycles. The smallest absolute Gasteiger partial charge is 0.119 e. The third-order valence-corrected chi connectivity index (χ3v) is 5.22. The van der Waals surface area contributed by atoms with E-state index in [1.165, 1.54) is 42.4 Å². The van der Waals surface area contributed by atoms with Gasteiger partial charge in [-0.15, -0.1) is 0 Å². The van der Waals surface area contributed by atoms with Crippen molar-refractivity contribution in [1.29, 1.82) is 0 Å². The fourth-order valence-electron chi connectivity index (χ4n) is 3.50. The summed E-state index contributed by atoms with van der Waals surface area (Å²) < 4.78 is 6.50. The van der Waals surface area contributed by atoms with Gasteiger partial charge in [0, 0.05) is 24.1 Å². The van der Waals surface area contributed by atoms with E-state index in [4.69, 9.17) is 4.74 Å². The maximum atomic E-state index is 5.31. The first-order valence-corrected chi connectivity index (χ1v) is 7.60. The molecule has 0 spiro atoms. The lowest BCUT2D eigenvalue weighted by Gasteiger charge is -2.18. The molecule has 1 aliphatic heterocycles. The molecular formula is C15H20BrNO. The molecule has 0 N–H and O–H groups in total. The normalized spacial score (nSPS) is 27.4. The van der Waals surface area contributed by atoms with Crippen LogP contribution in [0.15, 0.2) is 22.7 Å². The van der Waals surface area contributed by atoms with E-state index >= 15 is 0 Å². The van der Waals surface area contributed by atoms with Gasteiger partial charge < -0.3 is 4.74 Å². The number of benzene rings is 1. The SMILES string of the molecule is COc1ccc(Br)c(CN2CC3CCCC3C2)c1. The molecule has 0 amide bonds. The molecule has 0 radical (unpaired) electrons. The molecule has 2 fully saturated rings. The van der Waals surface area contributed by atoms with Crippen molar-refractivity contribution in [2.75, 3.05) is 20.2 Å². The molecule has 2 atom stereocenters. The molecule has 3 heteroatoms. The average molecular weight is 310 g/mol. The Balaban J connectivity index is 1.69. The summed E-state index contributed by atoms with van der Waals surface area (Å²) in [6.07, 6.45) is 4.34. The van der Waals surface area contributed by atoms with Crippen molar-refractivity contribution in [1.82, 2.24) is 4.90 Å². The van der Waals surface area contributed by atoms with Crippen LogP contribution >= 0.6 is 15.9 Å². The number of nitrogens with zero attached hydrogens (tertiary/aromatic N) is 1. The minimum absolute atomic E-state index is 0.951. The van der Waals surface area contributed by atoms with Gasteiger partial charge in [0.1, 0.15) is 5.75 Å². The third kappa shape index (κ3) is 2.43. The summed E-state index contributed by atoms with van der Waals surface area (Å²) in [6.45, 7) is 3.62. The molecular weight excluding hydrogens is 290 g/mol. The van der Waals surface area contributed by atoms with Gasteiger partial charge in [-0.1, -0.05) is 22.4 Å². The Morgan fingerprint density at radius 2 is 2.00 bits per heavy atom. The Labute approximate surface area is 117 Å². The predicted molar refractivity (Wildman–Crippen MR) is 76.8 cm³/mol. The van der Waals surface area contributed by atoms with E-state index in [9.17, 15) is 0 Å². The Kier molecular flexibility index (Phi) is 3.62. The first-order valence-electron chi connectivity index (χ1n) is 6.81. The maximum absolute atomic E-state index is 5.31. The molecule has 2 unspecified atom stereocenters. The zero-order valence-electron chi connectivity index (χ0n) is 10.9. The summed E-state index contributed by atoms with van der Waals surface area (Å²) in [6, 6.07) is 6.25. The second-order valence-electron chi connectivity index (χ2n) is 5.60. The van der Waals surface area contributed by atoms with Crippen LogP contribution in [0.2, 0.25) is 0 Å². The summed E-state index contributed by atoms with van der Waals surface area (Å²) in [5, 5.41) is 0. The van der Waals surface area contributed by atoms with Crippen LogP contribution in [-0.2, 0) is 6.54 Å². The van der Waals surface area contributed by atoms with E-state index < -0.39 is 0 Å². The monoisotopic (exact) mass is 309 g/mol. The molecule has 1 aromatic rings. The van der Waals surface area contributed by atoms with Crippen LogP contribution in [0.4, 0.5) is 0 Å². The van der Waals surface area contributed by atoms with E-state index in [0.717, 1.165) is 24.1 Å². The van der Waals surface area contributed by atoms with Crippen molar-refractivity contribution in [3.05, 3.63) is 28.2 Å². The van der Waals surface area contributed by atoms with E-state index in [-0.39, 0.29) is 0 Å². The van der Waals surface area contributed by atoms with Gasteiger partial charge in [0.05, 0.1) is 7.11 Å². The molecule has 1 aliphatic carbocycles. The van der Waals surface area contributed by atoms with Gasteiger partial charge in [0.25, 0.3) is 0 Å². The highest BCUT2D eigenvalue weighted by molar-refractivity contribution is 9.10. The Hall–Kier alpha value is -0.540. The van der Waals surface area contributed by atoms with Crippen LogP contribution in [-0.4, -0.2) is 25.1 Å². The van der Waals surface area contributed by atoms with Crippen molar-refractivity contribution in [2.45, 2.75) is 25.8 Å². The first kappa shape index (κ1) is 12.5. The summed E-state index contributed by atoms with van der Waals surface area (Å²) in [5.74, 6) is 2.89. The lowest BCUT2D eigenvalue weighted by atomic mass is 10.0. The lowest BCUT2D eigenvalue weighted by Crippen LogP contribution is -2.21. The lowest BCUT2D eigenvalue weighted by molar-refractivity contribution is 0.302. The quantitative estimate of drug-likeness (QED) is 0.844. The van der Waals surface area contributed by atoms with E-state index in [0.29, 0.717) is 0 Å². The molecule has 2 aliphatic rings. The van der Waals surface area contributed by atoms with Crippen molar-refractivity contribution in [2.24, 2.45) is 11.8 Å². The Bertz CT molecular complexity index is 423. The summed E-state index contributed by atoms with van der Waals surface area (Å²) in [4.78, 5) is 2.61. The summed E-state index contributed by atoms with van der Waals surface area (Å²) in [7, 11) is 1.73. The minimum Gasteiger partial charge on any atom is -0.497 e. The van der Waals surface area contributed by atoms with E-state index in [2.05, 4.69) is 33.0 Å². The van der Waals surface area contributed by atoms with Crippen LogP contribution in [0.25, 0.3) is 0 Å². The molecule has 1 saturated heterocycles. The van der Waals surface area contributed by atoms with Gasteiger partial charge in [-0.05, 0) is 48.4 Å². The number of likely N-dealkylation sites (tertiary alicyclic amines) is 1. The molecule has 0 bridgehead atoms. The highest BCUT2D eigenvalue weighted by Crippen LogP contribution is 2.38. The van der Waals surface area contributed by atoms with Crippen molar-refractivity contribution in [3.8, 4) is 5.75 Å². The number of methoxy groups -OCH3 is 1. The zero-order valence-corrected chi connectivity index (χ0v) is 12.4. The molecule has 1 saturated carbocycles. The van der Waals surface area contributed by atoms with Gasteiger partial charge in [-0.25, -0.2) is 0 Å². The fraction of sp³-hybridized carbons (Fsp3) is 0.600.